The van der Waals surface area contributed by atoms with E-state index in [2.05, 4.69) is 5.32 Å². The minimum absolute atomic E-state index is 0.0126. The van der Waals surface area contributed by atoms with Crippen molar-refractivity contribution in [2.24, 2.45) is 0 Å². The number of hydrogen-bond donors (Lipinski definition) is 3. The van der Waals surface area contributed by atoms with Gasteiger partial charge in [0, 0.05) is 18.1 Å². The molecule has 0 aliphatic heterocycles. The Morgan fingerprint density at radius 1 is 1.57 bits per heavy atom. The van der Waals surface area contributed by atoms with Crippen LogP contribution in [0, 0.1) is 0 Å². The lowest BCUT2D eigenvalue weighted by Gasteiger charge is -2.02. The molecule has 0 bridgehead atoms. The maximum Gasteiger partial charge on any atom is 0.328 e. The number of rotatable bonds is 2. The Morgan fingerprint density at radius 2 is 2.21 bits per heavy atom. The quantitative estimate of drug-likeness (QED) is 0.668. The first-order valence-corrected chi connectivity index (χ1v) is 5.90. The number of urea groups is 1. The molecular formula is C6H9N3O3S2. The van der Waals surface area contributed by atoms with Crippen LogP contribution in [0.15, 0.2) is 15.7 Å². The summed E-state index contributed by atoms with van der Waals surface area (Å²) in [6.45, 7) is 0. The van der Waals surface area contributed by atoms with Gasteiger partial charge in [-0.05, 0) is 6.07 Å². The van der Waals surface area contributed by atoms with Gasteiger partial charge in [-0.25, -0.2) is 17.9 Å². The van der Waals surface area contributed by atoms with E-state index >= 15 is 0 Å². The molecule has 0 fully saturated rings. The summed E-state index contributed by atoms with van der Waals surface area (Å²) in [6.07, 6.45) is 0. The zero-order valence-corrected chi connectivity index (χ0v) is 8.91. The van der Waals surface area contributed by atoms with Crippen LogP contribution in [-0.4, -0.2) is 21.5 Å². The third kappa shape index (κ3) is 2.36. The fourth-order valence-corrected chi connectivity index (χ4v) is 2.73. The van der Waals surface area contributed by atoms with Crippen molar-refractivity contribution in [3.8, 4) is 0 Å². The largest absolute Gasteiger partial charge is 0.398 e. The first kappa shape index (κ1) is 10.8. The summed E-state index contributed by atoms with van der Waals surface area (Å²) in [5, 5.41) is 3.63. The molecule has 0 aliphatic rings. The third-order valence-electron chi connectivity index (χ3n) is 1.31. The highest BCUT2D eigenvalue weighted by Crippen LogP contribution is 2.20. The average molecular weight is 235 g/mol. The molecular weight excluding hydrogens is 226 g/mol. The van der Waals surface area contributed by atoms with Gasteiger partial charge in [0.05, 0.1) is 0 Å². The Hall–Kier alpha value is -1.28. The summed E-state index contributed by atoms with van der Waals surface area (Å²) in [5.74, 6) is 0. The fraction of sp³-hybridized carbons (Fsp3) is 0.167. The normalized spacial score (nSPS) is 10.9. The number of carbonyl (C=O) groups excluding carboxylic acids is 1. The predicted molar refractivity (Wildman–Crippen MR) is 53.5 cm³/mol. The number of thiophene rings is 1. The van der Waals surface area contributed by atoms with Crippen molar-refractivity contribution in [1.29, 1.82) is 0 Å². The number of amides is 2. The molecule has 8 heteroatoms. The van der Waals surface area contributed by atoms with Crippen LogP contribution < -0.4 is 15.8 Å². The van der Waals surface area contributed by atoms with E-state index in [-0.39, 0.29) is 4.21 Å². The van der Waals surface area contributed by atoms with Crippen LogP contribution in [0.25, 0.3) is 0 Å². The molecule has 4 N–H and O–H groups in total. The lowest BCUT2D eigenvalue weighted by Crippen LogP contribution is -2.36. The van der Waals surface area contributed by atoms with Crippen molar-refractivity contribution in [2.45, 2.75) is 4.21 Å². The average Bonchev–Trinajstić information content (AvgIpc) is 2.51. The van der Waals surface area contributed by atoms with Gasteiger partial charge >= 0.3 is 6.03 Å². The third-order valence-corrected chi connectivity index (χ3v) is 4.10. The zero-order valence-electron chi connectivity index (χ0n) is 7.27. The molecule has 0 spiro atoms. The molecule has 0 aromatic carbocycles. The van der Waals surface area contributed by atoms with E-state index in [1.807, 2.05) is 4.72 Å². The lowest BCUT2D eigenvalue weighted by atomic mass is 10.6. The summed E-state index contributed by atoms with van der Waals surface area (Å²) >= 11 is 0.953. The molecule has 6 nitrogen and oxygen atoms in total. The summed E-state index contributed by atoms with van der Waals surface area (Å²) in [7, 11) is -2.45. The number of hydrogen-bond acceptors (Lipinski definition) is 5. The topological polar surface area (TPSA) is 101 Å². The van der Waals surface area contributed by atoms with Crippen LogP contribution in [-0.2, 0) is 10.0 Å². The van der Waals surface area contributed by atoms with E-state index in [0.717, 1.165) is 11.3 Å². The SMILES string of the molecule is CNC(=O)NS(=O)(=O)c1cc(N)cs1. The standard InChI is InChI=1S/C6H9N3O3S2/c1-8-6(10)9-14(11,12)5-2-4(7)3-13-5/h2-3H,7H2,1H3,(H2,8,9,10). The van der Waals surface area contributed by atoms with Crippen LogP contribution >= 0.6 is 11.3 Å². The molecule has 1 heterocycles. The Kier molecular flexibility index (Phi) is 2.96. The molecule has 14 heavy (non-hydrogen) atoms. The highest BCUT2D eigenvalue weighted by Gasteiger charge is 2.18. The van der Waals surface area contributed by atoms with E-state index in [1.165, 1.54) is 18.5 Å². The number of carbonyl (C=O) groups is 1. The molecule has 1 aromatic rings. The van der Waals surface area contributed by atoms with Crippen molar-refractivity contribution in [1.82, 2.24) is 10.0 Å². The second-order valence-corrected chi connectivity index (χ2v) is 5.20. The van der Waals surface area contributed by atoms with E-state index < -0.39 is 16.1 Å². The van der Waals surface area contributed by atoms with Crippen molar-refractivity contribution < 1.29 is 13.2 Å². The van der Waals surface area contributed by atoms with Crippen molar-refractivity contribution in [3.63, 3.8) is 0 Å². The Morgan fingerprint density at radius 3 is 2.64 bits per heavy atom. The lowest BCUT2D eigenvalue weighted by molar-refractivity contribution is 0.248. The van der Waals surface area contributed by atoms with Crippen molar-refractivity contribution in [2.75, 3.05) is 12.8 Å². The fourth-order valence-electron chi connectivity index (χ4n) is 0.695. The molecule has 2 amide bonds. The van der Waals surface area contributed by atoms with Crippen LogP contribution in [0.2, 0.25) is 0 Å². The highest BCUT2D eigenvalue weighted by atomic mass is 32.2. The molecule has 1 aromatic heterocycles. The van der Waals surface area contributed by atoms with Crippen LogP contribution in [0.4, 0.5) is 10.5 Å². The van der Waals surface area contributed by atoms with E-state index in [0.29, 0.717) is 5.69 Å². The molecule has 0 saturated carbocycles. The summed E-state index contributed by atoms with van der Waals surface area (Å²) in [4.78, 5) is 10.8. The number of nitrogens with two attached hydrogens (primary N) is 1. The van der Waals surface area contributed by atoms with Crippen LogP contribution in [0.3, 0.4) is 0 Å². The first-order valence-electron chi connectivity index (χ1n) is 3.54. The molecule has 1 rings (SSSR count). The molecule has 0 unspecified atom stereocenters. The zero-order chi connectivity index (χ0) is 10.8. The highest BCUT2D eigenvalue weighted by molar-refractivity contribution is 7.92. The summed E-state index contributed by atoms with van der Waals surface area (Å²) in [6, 6.07) is 0.507. The van der Waals surface area contributed by atoms with Crippen LogP contribution in [0.5, 0.6) is 0 Å². The minimum Gasteiger partial charge on any atom is -0.398 e. The predicted octanol–water partition coefficient (Wildman–Crippen LogP) is -0.0520. The maximum atomic E-state index is 11.4. The van der Waals surface area contributed by atoms with Gasteiger partial charge in [-0.1, -0.05) is 0 Å². The Labute approximate surface area is 85.2 Å². The first-order chi connectivity index (χ1) is 6.45. The van der Waals surface area contributed by atoms with Gasteiger partial charge in [-0.2, -0.15) is 0 Å². The van der Waals surface area contributed by atoms with Crippen LogP contribution in [0.1, 0.15) is 0 Å². The van der Waals surface area contributed by atoms with Gasteiger partial charge in [0.2, 0.25) is 0 Å². The van der Waals surface area contributed by atoms with Gasteiger partial charge in [0.15, 0.2) is 0 Å². The van der Waals surface area contributed by atoms with E-state index in [1.54, 1.807) is 0 Å². The van der Waals surface area contributed by atoms with E-state index in [4.69, 9.17) is 5.73 Å². The Balaban J connectivity index is 2.92. The number of nitrogen functional groups attached to an aromatic ring is 1. The van der Waals surface area contributed by atoms with Gasteiger partial charge in [0.25, 0.3) is 10.0 Å². The second kappa shape index (κ2) is 3.84. The summed E-state index contributed by atoms with van der Waals surface area (Å²) < 4.78 is 24.6. The number of sulfonamides is 1. The second-order valence-electron chi connectivity index (χ2n) is 2.38. The molecule has 0 aliphatic carbocycles. The van der Waals surface area contributed by atoms with Gasteiger partial charge in [0.1, 0.15) is 4.21 Å². The van der Waals surface area contributed by atoms with Crippen molar-refractivity contribution in [3.05, 3.63) is 11.4 Å². The molecule has 0 radical (unpaired) electrons. The monoisotopic (exact) mass is 235 g/mol. The van der Waals surface area contributed by atoms with Gasteiger partial charge < -0.3 is 11.1 Å². The van der Waals surface area contributed by atoms with E-state index in [9.17, 15) is 13.2 Å². The summed E-state index contributed by atoms with van der Waals surface area (Å²) in [5.41, 5.74) is 5.71. The molecule has 78 valence electrons. The number of anilines is 1. The molecule has 0 saturated heterocycles. The van der Waals surface area contributed by atoms with Gasteiger partial charge in [-0.15, -0.1) is 11.3 Å². The molecule has 0 atom stereocenters. The maximum absolute atomic E-state index is 11.4. The van der Waals surface area contributed by atoms with Gasteiger partial charge in [-0.3, -0.25) is 0 Å². The van der Waals surface area contributed by atoms with Crippen molar-refractivity contribution >= 4 is 33.1 Å². The minimum atomic E-state index is -3.77. The number of nitrogens with one attached hydrogen (secondary N) is 2. The Bertz CT molecular complexity index is 437. The smallest absolute Gasteiger partial charge is 0.328 e.